The van der Waals surface area contributed by atoms with Gasteiger partial charge in [0.05, 0.1) is 18.3 Å². The van der Waals surface area contributed by atoms with Gasteiger partial charge in [-0.05, 0) is 38.1 Å². The number of carbonyl (C=O) groups excluding carboxylic acids is 2. The first-order chi connectivity index (χ1) is 13.5. The van der Waals surface area contributed by atoms with Crippen molar-refractivity contribution in [2.24, 2.45) is 7.05 Å². The SMILES string of the molecule is CCOC(=O)c1cccc(-c2cccc(C(=O)NC(C)c3ncnn3C)c2)n1. The van der Waals surface area contributed by atoms with Gasteiger partial charge in [0.1, 0.15) is 17.8 Å². The molecule has 2 heterocycles. The molecule has 0 fully saturated rings. The molecule has 28 heavy (non-hydrogen) atoms. The van der Waals surface area contributed by atoms with Crippen LogP contribution in [0.2, 0.25) is 0 Å². The zero-order chi connectivity index (χ0) is 20.1. The van der Waals surface area contributed by atoms with Crippen LogP contribution in [0.4, 0.5) is 0 Å². The van der Waals surface area contributed by atoms with Gasteiger partial charge >= 0.3 is 5.97 Å². The molecule has 8 heteroatoms. The number of aromatic nitrogens is 4. The lowest BCUT2D eigenvalue weighted by Crippen LogP contribution is -2.28. The molecule has 0 aliphatic heterocycles. The summed E-state index contributed by atoms with van der Waals surface area (Å²) in [5.41, 5.74) is 2.02. The van der Waals surface area contributed by atoms with Crippen molar-refractivity contribution in [1.29, 1.82) is 0 Å². The lowest BCUT2D eigenvalue weighted by molar-refractivity contribution is 0.0519. The quantitative estimate of drug-likeness (QED) is 0.661. The van der Waals surface area contributed by atoms with Crippen molar-refractivity contribution in [1.82, 2.24) is 25.1 Å². The van der Waals surface area contributed by atoms with Gasteiger partial charge < -0.3 is 10.1 Å². The molecule has 0 aliphatic rings. The minimum atomic E-state index is -0.476. The van der Waals surface area contributed by atoms with Crippen LogP contribution in [0.1, 0.15) is 46.6 Å². The van der Waals surface area contributed by atoms with Crippen molar-refractivity contribution in [2.75, 3.05) is 6.61 Å². The standard InChI is InChI=1S/C20H21N5O3/c1-4-28-20(27)17-10-6-9-16(24-17)14-7-5-8-15(11-14)19(26)23-13(2)18-21-12-22-25(18)3/h5-13H,4H2,1-3H3,(H,23,26). The Labute approximate surface area is 162 Å². The van der Waals surface area contributed by atoms with Crippen LogP contribution in [0.25, 0.3) is 11.3 Å². The number of amides is 1. The minimum absolute atomic E-state index is 0.227. The lowest BCUT2D eigenvalue weighted by Gasteiger charge is -2.13. The fourth-order valence-corrected chi connectivity index (χ4v) is 2.78. The average Bonchev–Trinajstić information content (AvgIpc) is 3.14. The van der Waals surface area contributed by atoms with Crippen LogP contribution in [0.3, 0.4) is 0 Å². The number of hydrogen-bond donors (Lipinski definition) is 1. The predicted molar refractivity (Wildman–Crippen MR) is 103 cm³/mol. The number of aryl methyl sites for hydroxylation is 1. The number of nitrogens with one attached hydrogen (secondary N) is 1. The Balaban J connectivity index is 1.80. The van der Waals surface area contributed by atoms with Gasteiger partial charge in [0.25, 0.3) is 5.91 Å². The number of benzene rings is 1. The third kappa shape index (κ3) is 4.22. The van der Waals surface area contributed by atoms with E-state index in [1.807, 2.05) is 13.0 Å². The Bertz CT molecular complexity index is 999. The number of ether oxygens (including phenoxy) is 1. The van der Waals surface area contributed by atoms with E-state index in [1.165, 1.54) is 6.33 Å². The summed E-state index contributed by atoms with van der Waals surface area (Å²) in [6, 6.07) is 11.9. The van der Waals surface area contributed by atoms with Crippen molar-refractivity contribution < 1.29 is 14.3 Å². The maximum Gasteiger partial charge on any atom is 0.356 e. The number of rotatable bonds is 6. The highest BCUT2D eigenvalue weighted by Gasteiger charge is 2.16. The highest BCUT2D eigenvalue weighted by molar-refractivity contribution is 5.95. The molecule has 1 N–H and O–H groups in total. The summed E-state index contributed by atoms with van der Waals surface area (Å²) in [5, 5.41) is 6.92. The third-order valence-electron chi connectivity index (χ3n) is 4.14. The average molecular weight is 379 g/mol. The van der Waals surface area contributed by atoms with Gasteiger partial charge in [-0.3, -0.25) is 9.48 Å². The highest BCUT2D eigenvalue weighted by atomic mass is 16.5. The summed E-state index contributed by atoms with van der Waals surface area (Å²) in [6.45, 7) is 3.87. The van der Waals surface area contributed by atoms with E-state index < -0.39 is 5.97 Å². The van der Waals surface area contributed by atoms with Crippen molar-refractivity contribution in [3.63, 3.8) is 0 Å². The predicted octanol–water partition coefficient (Wildman–Crippen LogP) is 2.54. The number of hydrogen-bond acceptors (Lipinski definition) is 6. The molecule has 2 aromatic heterocycles. The molecule has 0 radical (unpaired) electrons. The largest absolute Gasteiger partial charge is 0.461 e. The molecule has 1 aromatic carbocycles. The molecule has 144 valence electrons. The Hall–Kier alpha value is -3.55. The van der Waals surface area contributed by atoms with Crippen LogP contribution in [0.5, 0.6) is 0 Å². The Morgan fingerprint density at radius 2 is 2.00 bits per heavy atom. The summed E-state index contributed by atoms with van der Waals surface area (Å²) < 4.78 is 6.61. The van der Waals surface area contributed by atoms with Crippen molar-refractivity contribution in [3.05, 3.63) is 65.9 Å². The molecule has 0 spiro atoms. The first-order valence-electron chi connectivity index (χ1n) is 8.89. The monoisotopic (exact) mass is 379 g/mol. The van der Waals surface area contributed by atoms with Gasteiger partial charge in [0, 0.05) is 18.2 Å². The fourth-order valence-electron chi connectivity index (χ4n) is 2.78. The summed E-state index contributed by atoms with van der Waals surface area (Å²) in [4.78, 5) is 33.0. The van der Waals surface area contributed by atoms with E-state index in [2.05, 4.69) is 20.4 Å². The normalized spacial score (nSPS) is 11.7. The molecule has 1 amide bonds. The van der Waals surface area contributed by atoms with E-state index in [-0.39, 0.29) is 24.2 Å². The van der Waals surface area contributed by atoms with E-state index in [0.717, 1.165) is 5.56 Å². The van der Waals surface area contributed by atoms with Crippen LogP contribution in [0, 0.1) is 0 Å². The van der Waals surface area contributed by atoms with Gasteiger partial charge in [-0.1, -0.05) is 18.2 Å². The van der Waals surface area contributed by atoms with Crippen LogP contribution in [-0.4, -0.2) is 38.2 Å². The molecule has 3 aromatic rings. The van der Waals surface area contributed by atoms with E-state index in [4.69, 9.17) is 4.74 Å². The molecule has 0 aliphatic carbocycles. The fraction of sp³-hybridized carbons (Fsp3) is 0.250. The number of esters is 1. The molecular weight excluding hydrogens is 358 g/mol. The molecule has 0 bridgehead atoms. The van der Waals surface area contributed by atoms with E-state index in [0.29, 0.717) is 17.1 Å². The van der Waals surface area contributed by atoms with Crippen molar-refractivity contribution >= 4 is 11.9 Å². The van der Waals surface area contributed by atoms with E-state index in [9.17, 15) is 9.59 Å². The lowest BCUT2D eigenvalue weighted by atomic mass is 10.1. The summed E-state index contributed by atoms with van der Waals surface area (Å²) in [6.07, 6.45) is 1.45. The van der Waals surface area contributed by atoms with Crippen LogP contribution < -0.4 is 5.32 Å². The van der Waals surface area contributed by atoms with Gasteiger partial charge in [0.2, 0.25) is 0 Å². The molecule has 0 saturated heterocycles. The topological polar surface area (TPSA) is 99.0 Å². The summed E-state index contributed by atoms with van der Waals surface area (Å²) in [5.74, 6) is -0.0528. The van der Waals surface area contributed by atoms with Crippen LogP contribution in [0.15, 0.2) is 48.8 Å². The second kappa shape index (κ2) is 8.43. The Morgan fingerprint density at radius 3 is 2.71 bits per heavy atom. The number of carbonyl (C=O) groups is 2. The van der Waals surface area contributed by atoms with Gasteiger partial charge in [-0.2, -0.15) is 5.10 Å². The smallest absolute Gasteiger partial charge is 0.356 e. The van der Waals surface area contributed by atoms with Crippen LogP contribution >= 0.6 is 0 Å². The first kappa shape index (κ1) is 19.2. The molecule has 1 atom stereocenters. The highest BCUT2D eigenvalue weighted by Crippen LogP contribution is 2.20. The summed E-state index contributed by atoms with van der Waals surface area (Å²) in [7, 11) is 1.77. The summed E-state index contributed by atoms with van der Waals surface area (Å²) >= 11 is 0. The van der Waals surface area contributed by atoms with Gasteiger partial charge in [-0.15, -0.1) is 0 Å². The zero-order valence-electron chi connectivity index (χ0n) is 15.9. The van der Waals surface area contributed by atoms with Crippen molar-refractivity contribution in [3.8, 4) is 11.3 Å². The van der Waals surface area contributed by atoms with E-state index >= 15 is 0 Å². The molecule has 0 saturated carbocycles. The zero-order valence-corrected chi connectivity index (χ0v) is 15.9. The maximum absolute atomic E-state index is 12.6. The molecular formula is C20H21N5O3. The minimum Gasteiger partial charge on any atom is -0.461 e. The third-order valence-corrected chi connectivity index (χ3v) is 4.14. The molecule has 8 nitrogen and oxygen atoms in total. The number of pyridine rings is 1. The first-order valence-corrected chi connectivity index (χ1v) is 8.89. The maximum atomic E-state index is 12.6. The Morgan fingerprint density at radius 1 is 1.21 bits per heavy atom. The van der Waals surface area contributed by atoms with Crippen LogP contribution in [-0.2, 0) is 11.8 Å². The van der Waals surface area contributed by atoms with Gasteiger partial charge in [-0.25, -0.2) is 14.8 Å². The van der Waals surface area contributed by atoms with Gasteiger partial charge in [0.15, 0.2) is 0 Å². The molecule has 1 unspecified atom stereocenters. The second-order valence-electron chi connectivity index (χ2n) is 6.15. The van der Waals surface area contributed by atoms with E-state index in [1.54, 1.807) is 55.1 Å². The van der Waals surface area contributed by atoms with Crippen molar-refractivity contribution in [2.45, 2.75) is 19.9 Å². The second-order valence-corrected chi connectivity index (χ2v) is 6.15. The molecule has 3 rings (SSSR count). The number of nitrogens with zero attached hydrogens (tertiary/aromatic N) is 4. The Kier molecular flexibility index (Phi) is 5.78.